The van der Waals surface area contributed by atoms with Gasteiger partial charge in [-0.1, -0.05) is 30.8 Å². The third kappa shape index (κ3) is 12.0. The Bertz CT molecular complexity index is 2160. The van der Waals surface area contributed by atoms with Gasteiger partial charge in [-0.2, -0.15) is 10.2 Å². The van der Waals surface area contributed by atoms with E-state index in [0.717, 1.165) is 4.90 Å². The molecule has 0 saturated heterocycles. The molecule has 1 aliphatic rings. The van der Waals surface area contributed by atoms with E-state index < -0.39 is 35.5 Å². The number of rotatable bonds is 17. The summed E-state index contributed by atoms with van der Waals surface area (Å²) < 4.78 is 30.9. The Hall–Kier alpha value is -7.06. The summed E-state index contributed by atoms with van der Waals surface area (Å²) in [6.07, 6.45) is 5.67. The molecule has 0 unspecified atom stereocenters. The highest BCUT2D eigenvalue weighted by molar-refractivity contribution is 6.12. The van der Waals surface area contributed by atoms with Gasteiger partial charge in [-0.15, -0.1) is 5.06 Å². The van der Waals surface area contributed by atoms with Gasteiger partial charge in [0.05, 0.1) is 23.5 Å². The minimum atomic E-state index is -0.581. The second-order valence-corrected chi connectivity index (χ2v) is 12.3. The van der Waals surface area contributed by atoms with Gasteiger partial charge in [-0.3, -0.25) is 14.5 Å². The molecule has 0 fully saturated rings. The van der Waals surface area contributed by atoms with Crippen molar-refractivity contribution in [3.8, 4) is 11.5 Å². The molecule has 0 atom stereocenters. The molecule has 56 heavy (non-hydrogen) atoms. The van der Waals surface area contributed by atoms with E-state index in [1.165, 1.54) is 29.4 Å². The zero-order valence-corrected chi connectivity index (χ0v) is 30.6. The SMILES string of the molecule is C=C(C)C(=O)ON(C)COc1ccc(N=Nc2ccc(C(=O)Oc3ccc(/C=C/C(=O)OCCc4ccc(CCN5C(=O)C=CC5=O)c(F)c4)cc3)cc2)cc1. The third-order valence-corrected chi connectivity index (χ3v) is 7.98. The van der Waals surface area contributed by atoms with Crippen LogP contribution in [0.1, 0.15) is 34.0 Å². The monoisotopic (exact) mass is 760 g/mol. The molecule has 286 valence electrons. The van der Waals surface area contributed by atoms with Gasteiger partial charge < -0.3 is 19.0 Å². The van der Waals surface area contributed by atoms with Gasteiger partial charge in [0, 0.05) is 43.8 Å². The molecule has 2 amide bonds. The fraction of sp³-hybridized carbons (Fsp3) is 0.167. The standard InChI is InChI=1S/C42H37FN4O9/c1-28(2)41(51)56-46(3)27-54-35-17-13-34(14-18-35)45-44-33-11-9-32(10-12-33)42(52)55-36-15-5-29(6-16-36)7-21-40(50)53-25-23-30-4-8-31(37(43)26-30)22-24-47-38(48)19-20-39(47)49/h4-21,26H,1,22-25,27H2,2-3H3/b21-7+,45-44?. The number of esters is 2. The van der Waals surface area contributed by atoms with Crippen LogP contribution in [0.2, 0.25) is 0 Å². The number of halogens is 1. The van der Waals surface area contributed by atoms with Crippen LogP contribution in [-0.4, -0.2) is 66.6 Å². The first-order chi connectivity index (χ1) is 26.9. The van der Waals surface area contributed by atoms with Gasteiger partial charge in [0.1, 0.15) is 17.3 Å². The van der Waals surface area contributed by atoms with Crippen LogP contribution in [0.4, 0.5) is 15.8 Å². The van der Waals surface area contributed by atoms with Crippen molar-refractivity contribution in [2.75, 3.05) is 26.9 Å². The van der Waals surface area contributed by atoms with Crippen LogP contribution in [0.15, 0.2) is 132 Å². The number of hydrogen-bond donors (Lipinski definition) is 0. The normalized spacial score (nSPS) is 12.5. The number of hydrogen-bond acceptors (Lipinski definition) is 12. The lowest BCUT2D eigenvalue weighted by molar-refractivity contribution is -0.190. The Morgan fingerprint density at radius 3 is 2.09 bits per heavy atom. The Morgan fingerprint density at radius 1 is 0.839 bits per heavy atom. The molecular weight excluding hydrogens is 723 g/mol. The van der Waals surface area contributed by atoms with Gasteiger partial charge in [0.25, 0.3) is 11.8 Å². The number of hydroxylamine groups is 2. The van der Waals surface area contributed by atoms with Crippen molar-refractivity contribution in [1.82, 2.24) is 9.96 Å². The van der Waals surface area contributed by atoms with Crippen molar-refractivity contribution in [2.45, 2.75) is 19.8 Å². The Kier molecular flexibility index (Phi) is 13.8. The van der Waals surface area contributed by atoms with E-state index in [-0.39, 0.29) is 31.9 Å². The fourth-order valence-electron chi connectivity index (χ4n) is 4.93. The molecule has 0 spiro atoms. The molecule has 1 heterocycles. The number of carbonyl (C=O) groups is 5. The van der Waals surface area contributed by atoms with Crippen LogP contribution < -0.4 is 9.47 Å². The lowest BCUT2D eigenvalue weighted by Crippen LogP contribution is -2.32. The van der Waals surface area contributed by atoms with Crippen molar-refractivity contribution in [2.24, 2.45) is 10.2 Å². The van der Waals surface area contributed by atoms with Crippen LogP contribution in [-0.2, 0) is 41.6 Å². The van der Waals surface area contributed by atoms with E-state index in [0.29, 0.717) is 51.5 Å². The first-order valence-electron chi connectivity index (χ1n) is 17.2. The fourth-order valence-corrected chi connectivity index (χ4v) is 4.93. The number of benzene rings is 4. The number of azo groups is 1. The van der Waals surface area contributed by atoms with E-state index in [9.17, 15) is 28.4 Å². The van der Waals surface area contributed by atoms with Crippen LogP contribution in [0, 0.1) is 5.82 Å². The van der Waals surface area contributed by atoms with Crippen molar-refractivity contribution < 1.29 is 47.4 Å². The predicted molar refractivity (Wildman–Crippen MR) is 202 cm³/mol. The summed E-state index contributed by atoms with van der Waals surface area (Å²) in [5, 5.41) is 9.64. The highest BCUT2D eigenvalue weighted by atomic mass is 19.1. The summed E-state index contributed by atoms with van der Waals surface area (Å²) in [6, 6.07) is 24.4. The molecule has 5 rings (SSSR count). The molecular formula is C42H37FN4O9. The second kappa shape index (κ2) is 19.3. The zero-order valence-electron chi connectivity index (χ0n) is 30.6. The van der Waals surface area contributed by atoms with Crippen molar-refractivity contribution in [3.63, 3.8) is 0 Å². The van der Waals surface area contributed by atoms with Crippen LogP contribution in [0.3, 0.4) is 0 Å². The van der Waals surface area contributed by atoms with E-state index in [2.05, 4.69) is 16.8 Å². The van der Waals surface area contributed by atoms with Crippen LogP contribution in [0.5, 0.6) is 11.5 Å². The number of imide groups is 1. The van der Waals surface area contributed by atoms with Gasteiger partial charge in [0.2, 0.25) is 0 Å². The summed E-state index contributed by atoms with van der Waals surface area (Å²) in [7, 11) is 1.56. The van der Waals surface area contributed by atoms with Crippen molar-refractivity contribution >= 4 is 47.2 Å². The van der Waals surface area contributed by atoms with E-state index in [1.54, 1.807) is 105 Å². The summed E-state index contributed by atoms with van der Waals surface area (Å²) >= 11 is 0. The molecule has 0 N–H and O–H groups in total. The quantitative estimate of drug-likeness (QED) is 0.0209. The average Bonchev–Trinajstić information content (AvgIpc) is 3.51. The maximum absolute atomic E-state index is 14.6. The van der Waals surface area contributed by atoms with Gasteiger partial charge in [0.15, 0.2) is 6.73 Å². The zero-order chi connectivity index (χ0) is 40.0. The molecule has 4 aromatic rings. The maximum Gasteiger partial charge on any atom is 0.352 e. The van der Waals surface area contributed by atoms with E-state index in [4.69, 9.17) is 19.0 Å². The summed E-state index contributed by atoms with van der Waals surface area (Å²) in [5.74, 6) is -2.15. The van der Waals surface area contributed by atoms with Gasteiger partial charge in [-0.05, 0) is 103 Å². The number of ether oxygens (including phenoxy) is 3. The van der Waals surface area contributed by atoms with E-state index >= 15 is 0 Å². The Morgan fingerprint density at radius 2 is 1.46 bits per heavy atom. The van der Waals surface area contributed by atoms with Gasteiger partial charge in [-0.25, -0.2) is 18.8 Å². The summed E-state index contributed by atoms with van der Waals surface area (Å²) in [5.41, 5.74) is 3.33. The third-order valence-electron chi connectivity index (χ3n) is 7.98. The summed E-state index contributed by atoms with van der Waals surface area (Å²) in [6.45, 7) is 5.21. The van der Waals surface area contributed by atoms with Gasteiger partial charge >= 0.3 is 17.9 Å². The second-order valence-electron chi connectivity index (χ2n) is 12.3. The highest BCUT2D eigenvalue weighted by Gasteiger charge is 2.23. The maximum atomic E-state index is 14.6. The van der Waals surface area contributed by atoms with Crippen LogP contribution in [0.25, 0.3) is 6.08 Å². The molecule has 4 aromatic carbocycles. The van der Waals surface area contributed by atoms with Crippen molar-refractivity contribution in [3.05, 3.63) is 149 Å². The van der Waals surface area contributed by atoms with Crippen molar-refractivity contribution in [1.29, 1.82) is 0 Å². The minimum absolute atomic E-state index is 0.0140. The molecule has 0 bridgehead atoms. The lowest BCUT2D eigenvalue weighted by atomic mass is 10.1. The Labute approximate surface area is 321 Å². The molecule has 0 aromatic heterocycles. The molecule has 14 heteroatoms. The number of carbonyl (C=O) groups excluding carboxylic acids is 5. The largest absolute Gasteiger partial charge is 0.475 e. The van der Waals surface area contributed by atoms with Crippen LogP contribution >= 0.6 is 0 Å². The molecule has 0 aliphatic carbocycles. The van der Waals surface area contributed by atoms with E-state index in [1.807, 2.05) is 0 Å². The molecule has 13 nitrogen and oxygen atoms in total. The first kappa shape index (κ1) is 40.1. The molecule has 0 radical (unpaired) electrons. The summed E-state index contributed by atoms with van der Waals surface area (Å²) in [4.78, 5) is 66.0. The highest BCUT2D eigenvalue weighted by Crippen LogP contribution is 2.23. The topological polar surface area (TPSA) is 153 Å². The molecule has 1 aliphatic heterocycles. The predicted octanol–water partition coefficient (Wildman–Crippen LogP) is 7.03. The molecule has 0 saturated carbocycles. The number of amides is 2. The lowest BCUT2D eigenvalue weighted by Gasteiger charge is -2.16. The average molecular weight is 761 g/mol. The minimum Gasteiger partial charge on any atom is -0.475 e. The first-order valence-corrected chi connectivity index (χ1v) is 17.2. The Balaban J connectivity index is 1.01. The number of nitrogens with zero attached hydrogens (tertiary/aromatic N) is 4. The smallest absolute Gasteiger partial charge is 0.352 e.